The molecule has 0 aliphatic heterocycles. The van der Waals surface area contributed by atoms with Crippen LogP contribution in [0.3, 0.4) is 0 Å². The maximum Gasteiger partial charge on any atom is 0.254 e. The van der Waals surface area contributed by atoms with Crippen LogP contribution in [0.25, 0.3) is 0 Å². The van der Waals surface area contributed by atoms with E-state index in [0.717, 1.165) is 5.56 Å². The summed E-state index contributed by atoms with van der Waals surface area (Å²) in [4.78, 5) is 14.5. The molecule has 2 aromatic carbocycles. The van der Waals surface area contributed by atoms with Gasteiger partial charge in [-0.2, -0.15) is 0 Å². The van der Waals surface area contributed by atoms with E-state index in [1.807, 2.05) is 30.3 Å². The third-order valence-electron chi connectivity index (χ3n) is 3.79. The predicted octanol–water partition coefficient (Wildman–Crippen LogP) is 2.35. The summed E-state index contributed by atoms with van der Waals surface area (Å²) in [6, 6.07) is 12.8. The Morgan fingerprint density at radius 3 is 2.08 bits per heavy atom. The first kappa shape index (κ1) is 18.6. The lowest BCUT2D eigenvalue weighted by atomic mass is 10.1. The summed E-state index contributed by atoms with van der Waals surface area (Å²) in [5.41, 5.74) is 1.38. The lowest BCUT2D eigenvalue weighted by Crippen LogP contribution is -2.33. The van der Waals surface area contributed by atoms with E-state index in [1.165, 1.54) is 21.3 Å². The fraction of sp³-hybridized carbons (Fsp3) is 0.316. The van der Waals surface area contributed by atoms with Crippen molar-refractivity contribution in [3.8, 4) is 17.2 Å². The molecule has 0 unspecified atom stereocenters. The molecule has 6 heteroatoms. The van der Waals surface area contributed by atoms with Crippen LogP contribution in [0, 0.1) is 0 Å². The Morgan fingerprint density at radius 1 is 1.00 bits per heavy atom. The van der Waals surface area contributed by atoms with Crippen LogP contribution in [0.2, 0.25) is 0 Å². The van der Waals surface area contributed by atoms with Crippen molar-refractivity contribution < 1.29 is 24.1 Å². The molecule has 134 valence electrons. The highest BCUT2D eigenvalue weighted by Gasteiger charge is 2.21. The SMILES string of the molecule is COc1cc(C(=O)N(CCO)Cc2ccccc2)cc(OC)c1OC. The minimum absolute atomic E-state index is 0.122. The summed E-state index contributed by atoms with van der Waals surface area (Å²) in [7, 11) is 4.51. The molecule has 0 saturated carbocycles. The molecule has 0 spiro atoms. The molecule has 1 amide bonds. The number of rotatable bonds is 8. The molecule has 0 aromatic heterocycles. The van der Waals surface area contributed by atoms with Crippen molar-refractivity contribution in [2.24, 2.45) is 0 Å². The number of amides is 1. The monoisotopic (exact) mass is 345 g/mol. The highest BCUT2D eigenvalue weighted by atomic mass is 16.5. The smallest absolute Gasteiger partial charge is 0.254 e. The van der Waals surface area contributed by atoms with Crippen LogP contribution in [0.5, 0.6) is 17.2 Å². The molecule has 0 aliphatic carbocycles. The normalized spacial score (nSPS) is 10.2. The van der Waals surface area contributed by atoms with Crippen molar-refractivity contribution in [1.82, 2.24) is 4.90 Å². The quantitative estimate of drug-likeness (QED) is 0.795. The topological polar surface area (TPSA) is 68.2 Å². The number of benzene rings is 2. The predicted molar refractivity (Wildman–Crippen MR) is 94.4 cm³/mol. The van der Waals surface area contributed by atoms with Gasteiger partial charge in [-0.1, -0.05) is 30.3 Å². The number of aliphatic hydroxyl groups excluding tert-OH is 1. The third kappa shape index (κ3) is 4.42. The number of hydrogen-bond donors (Lipinski definition) is 1. The molecular weight excluding hydrogens is 322 g/mol. The fourth-order valence-corrected chi connectivity index (χ4v) is 2.56. The Balaban J connectivity index is 2.35. The molecule has 0 atom stereocenters. The van der Waals surface area contributed by atoms with Gasteiger partial charge in [-0.05, 0) is 17.7 Å². The zero-order valence-electron chi connectivity index (χ0n) is 14.7. The van der Waals surface area contributed by atoms with Gasteiger partial charge in [0.2, 0.25) is 5.75 Å². The van der Waals surface area contributed by atoms with Gasteiger partial charge >= 0.3 is 0 Å². The van der Waals surface area contributed by atoms with Gasteiger partial charge in [0.25, 0.3) is 5.91 Å². The van der Waals surface area contributed by atoms with E-state index in [1.54, 1.807) is 17.0 Å². The lowest BCUT2D eigenvalue weighted by molar-refractivity contribution is 0.0707. The van der Waals surface area contributed by atoms with Gasteiger partial charge in [0.1, 0.15) is 0 Å². The highest BCUT2D eigenvalue weighted by Crippen LogP contribution is 2.38. The molecule has 1 N–H and O–H groups in total. The summed E-state index contributed by atoms with van der Waals surface area (Å²) < 4.78 is 15.9. The summed E-state index contributed by atoms with van der Waals surface area (Å²) in [6.45, 7) is 0.504. The Bertz CT molecular complexity index is 677. The number of carbonyl (C=O) groups excluding carboxylic acids is 1. The van der Waals surface area contributed by atoms with Crippen molar-refractivity contribution in [2.45, 2.75) is 6.54 Å². The van der Waals surface area contributed by atoms with Crippen molar-refractivity contribution >= 4 is 5.91 Å². The van der Waals surface area contributed by atoms with Crippen molar-refractivity contribution in [3.63, 3.8) is 0 Å². The third-order valence-corrected chi connectivity index (χ3v) is 3.79. The Morgan fingerprint density at radius 2 is 1.60 bits per heavy atom. The number of aliphatic hydroxyl groups is 1. The first-order chi connectivity index (χ1) is 12.1. The van der Waals surface area contributed by atoms with Crippen LogP contribution >= 0.6 is 0 Å². The minimum Gasteiger partial charge on any atom is -0.493 e. The molecule has 0 bridgehead atoms. The Hall–Kier alpha value is -2.73. The molecule has 0 saturated heterocycles. The van der Waals surface area contributed by atoms with Gasteiger partial charge in [-0.25, -0.2) is 0 Å². The van der Waals surface area contributed by atoms with E-state index in [-0.39, 0.29) is 19.1 Å². The molecular formula is C19H23NO5. The standard InChI is InChI=1S/C19H23NO5/c1-23-16-11-15(12-17(24-2)18(16)25-3)19(22)20(9-10-21)13-14-7-5-4-6-8-14/h4-8,11-12,21H,9-10,13H2,1-3H3. The number of carbonyl (C=O) groups is 1. The van der Waals surface area contributed by atoms with Gasteiger partial charge in [-0.3, -0.25) is 4.79 Å². The Labute approximate surface area is 147 Å². The summed E-state index contributed by atoms with van der Waals surface area (Å²) >= 11 is 0. The zero-order valence-corrected chi connectivity index (χ0v) is 14.7. The van der Waals surface area contributed by atoms with Crippen LogP contribution in [0.1, 0.15) is 15.9 Å². The second-order valence-electron chi connectivity index (χ2n) is 5.35. The number of methoxy groups -OCH3 is 3. The van der Waals surface area contributed by atoms with Crippen LogP contribution in [0.4, 0.5) is 0 Å². The van der Waals surface area contributed by atoms with E-state index < -0.39 is 0 Å². The second kappa shape index (κ2) is 8.94. The molecule has 25 heavy (non-hydrogen) atoms. The molecule has 2 rings (SSSR count). The summed E-state index contributed by atoms with van der Waals surface area (Å²) in [5.74, 6) is 1.03. The number of ether oxygens (including phenoxy) is 3. The van der Waals surface area contributed by atoms with Gasteiger partial charge in [-0.15, -0.1) is 0 Å². The first-order valence-corrected chi connectivity index (χ1v) is 7.88. The van der Waals surface area contributed by atoms with Gasteiger partial charge in [0.15, 0.2) is 11.5 Å². The molecule has 2 aromatic rings. The number of hydrogen-bond acceptors (Lipinski definition) is 5. The largest absolute Gasteiger partial charge is 0.493 e. The molecule has 0 radical (unpaired) electrons. The van der Waals surface area contributed by atoms with Gasteiger partial charge < -0.3 is 24.2 Å². The van der Waals surface area contributed by atoms with Crippen LogP contribution in [-0.2, 0) is 6.54 Å². The van der Waals surface area contributed by atoms with Gasteiger partial charge in [0.05, 0.1) is 27.9 Å². The molecule has 0 aliphatic rings. The second-order valence-corrected chi connectivity index (χ2v) is 5.35. The summed E-state index contributed by atoms with van der Waals surface area (Å²) in [5, 5.41) is 9.33. The van der Waals surface area contributed by atoms with Crippen LogP contribution < -0.4 is 14.2 Å². The lowest BCUT2D eigenvalue weighted by Gasteiger charge is -2.23. The van der Waals surface area contributed by atoms with Gasteiger partial charge in [0, 0.05) is 18.7 Å². The average molecular weight is 345 g/mol. The van der Waals surface area contributed by atoms with E-state index in [2.05, 4.69) is 0 Å². The van der Waals surface area contributed by atoms with Crippen molar-refractivity contribution in [2.75, 3.05) is 34.5 Å². The molecule has 0 fully saturated rings. The number of nitrogens with zero attached hydrogens (tertiary/aromatic N) is 1. The zero-order chi connectivity index (χ0) is 18.2. The van der Waals surface area contributed by atoms with E-state index in [4.69, 9.17) is 14.2 Å². The minimum atomic E-state index is -0.225. The van der Waals surface area contributed by atoms with Crippen molar-refractivity contribution in [3.05, 3.63) is 53.6 Å². The van der Waals surface area contributed by atoms with Crippen LogP contribution in [0.15, 0.2) is 42.5 Å². The highest BCUT2D eigenvalue weighted by molar-refractivity contribution is 5.95. The first-order valence-electron chi connectivity index (χ1n) is 7.88. The maximum atomic E-state index is 12.9. The van der Waals surface area contributed by atoms with E-state index in [0.29, 0.717) is 29.4 Å². The molecule has 0 heterocycles. The fourth-order valence-electron chi connectivity index (χ4n) is 2.56. The van der Waals surface area contributed by atoms with E-state index in [9.17, 15) is 9.90 Å². The van der Waals surface area contributed by atoms with Crippen molar-refractivity contribution in [1.29, 1.82) is 0 Å². The average Bonchev–Trinajstić information content (AvgIpc) is 2.66. The molecule has 6 nitrogen and oxygen atoms in total. The van der Waals surface area contributed by atoms with E-state index >= 15 is 0 Å². The summed E-state index contributed by atoms with van der Waals surface area (Å²) in [6.07, 6.45) is 0. The Kier molecular flexibility index (Phi) is 6.65. The maximum absolute atomic E-state index is 12.9. The van der Waals surface area contributed by atoms with Crippen LogP contribution in [-0.4, -0.2) is 50.4 Å².